The van der Waals surface area contributed by atoms with Crippen LogP contribution < -0.4 is 10.0 Å². The third-order valence-electron chi connectivity index (χ3n) is 4.29. The number of rotatable bonds is 9. The molecule has 30 heavy (non-hydrogen) atoms. The fourth-order valence-electron chi connectivity index (χ4n) is 2.57. The first-order valence-corrected chi connectivity index (χ1v) is 10.9. The Kier molecular flexibility index (Phi) is 7.65. The number of hydrogen-bond donors (Lipinski definition) is 3. The average Bonchev–Trinajstić information content (AvgIpc) is 2.72. The van der Waals surface area contributed by atoms with Gasteiger partial charge < -0.3 is 15.2 Å². The van der Waals surface area contributed by atoms with Gasteiger partial charge in [0.15, 0.2) is 0 Å². The van der Waals surface area contributed by atoms with E-state index in [9.17, 15) is 23.1 Å². The molecule has 0 fully saturated rings. The lowest BCUT2D eigenvalue weighted by molar-refractivity contribution is 0.0598. The molecule has 2 aromatic rings. The zero-order valence-electron chi connectivity index (χ0n) is 17.0. The maximum atomic E-state index is 12.3. The molecule has 10 heteroatoms. The number of nitrogens with zero attached hydrogens (tertiary/aromatic N) is 1. The summed E-state index contributed by atoms with van der Waals surface area (Å²) in [6, 6.07) is 9.21. The second kappa shape index (κ2) is 9.79. The maximum Gasteiger partial charge on any atom is 0.339 e. The molecule has 162 valence electrons. The van der Waals surface area contributed by atoms with Crippen molar-refractivity contribution < 1.29 is 27.9 Å². The summed E-state index contributed by atoms with van der Waals surface area (Å²) in [6.07, 6.45) is 1.73. The van der Waals surface area contributed by atoms with Crippen molar-refractivity contribution >= 4 is 27.6 Å². The molecule has 0 spiro atoms. The number of aliphatic hydroxyl groups is 1. The van der Waals surface area contributed by atoms with Gasteiger partial charge in [0.25, 0.3) is 5.91 Å². The molecule has 1 heterocycles. The van der Waals surface area contributed by atoms with E-state index in [0.717, 1.165) is 0 Å². The summed E-state index contributed by atoms with van der Waals surface area (Å²) in [5, 5.41) is 13.3. The number of benzene rings is 1. The Hall–Kier alpha value is -2.82. The molecule has 1 atom stereocenters. The van der Waals surface area contributed by atoms with Crippen LogP contribution >= 0.6 is 0 Å². The van der Waals surface area contributed by atoms with E-state index in [0.29, 0.717) is 17.7 Å². The number of hydrogen-bond acceptors (Lipinski definition) is 7. The van der Waals surface area contributed by atoms with Crippen molar-refractivity contribution in [1.29, 1.82) is 0 Å². The normalized spacial score (nSPS) is 13.3. The monoisotopic (exact) mass is 435 g/mol. The molecule has 0 saturated heterocycles. The van der Waals surface area contributed by atoms with Crippen molar-refractivity contribution in [3.8, 4) is 0 Å². The highest BCUT2D eigenvalue weighted by Crippen LogP contribution is 2.22. The summed E-state index contributed by atoms with van der Waals surface area (Å²) in [4.78, 5) is 27.7. The highest BCUT2D eigenvalue weighted by atomic mass is 32.2. The fourth-order valence-corrected chi connectivity index (χ4v) is 3.75. The Morgan fingerprint density at radius 1 is 1.17 bits per heavy atom. The van der Waals surface area contributed by atoms with Gasteiger partial charge in [-0.3, -0.25) is 9.78 Å². The van der Waals surface area contributed by atoms with Crippen LogP contribution in [0.1, 0.15) is 46.7 Å². The summed E-state index contributed by atoms with van der Waals surface area (Å²) in [5.74, 6) is -1.03. The first-order valence-electron chi connectivity index (χ1n) is 9.24. The molecular weight excluding hydrogens is 410 g/mol. The quantitative estimate of drug-likeness (QED) is 0.510. The van der Waals surface area contributed by atoms with Gasteiger partial charge in [0.2, 0.25) is 10.0 Å². The van der Waals surface area contributed by atoms with E-state index in [1.807, 2.05) is 0 Å². The number of ether oxygens (including phenoxy) is 1. The Labute approximate surface area is 175 Å². The van der Waals surface area contributed by atoms with Gasteiger partial charge in [-0.15, -0.1) is 0 Å². The number of sulfonamides is 1. The van der Waals surface area contributed by atoms with Crippen LogP contribution in [-0.4, -0.2) is 49.8 Å². The van der Waals surface area contributed by atoms with Gasteiger partial charge in [-0.2, -0.15) is 0 Å². The van der Waals surface area contributed by atoms with Gasteiger partial charge >= 0.3 is 5.97 Å². The first kappa shape index (κ1) is 23.5. The maximum absolute atomic E-state index is 12.3. The third kappa shape index (κ3) is 6.34. The van der Waals surface area contributed by atoms with E-state index in [-0.39, 0.29) is 23.6 Å². The lowest BCUT2D eigenvalue weighted by atomic mass is 9.96. The molecule has 9 nitrogen and oxygen atoms in total. The molecule has 0 bridgehead atoms. The smallest absolute Gasteiger partial charge is 0.339 e. The molecule has 1 unspecified atom stereocenters. The highest BCUT2D eigenvalue weighted by molar-refractivity contribution is 7.89. The van der Waals surface area contributed by atoms with Crippen LogP contribution in [0.3, 0.4) is 0 Å². The Bertz CT molecular complexity index is 986. The van der Waals surface area contributed by atoms with Gasteiger partial charge in [0.1, 0.15) is 11.3 Å². The summed E-state index contributed by atoms with van der Waals surface area (Å²) < 4.78 is 30.6. The molecular formula is C20H25N3O6S. The van der Waals surface area contributed by atoms with Gasteiger partial charge in [-0.1, -0.05) is 19.1 Å². The van der Waals surface area contributed by atoms with Crippen LogP contribution in [0.2, 0.25) is 0 Å². The largest absolute Gasteiger partial charge is 0.465 e. The third-order valence-corrected chi connectivity index (χ3v) is 5.82. The van der Waals surface area contributed by atoms with Gasteiger partial charge in [-0.25, -0.2) is 17.9 Å². The molecule has 0 aliphatic rings. The van der Waals surface area contributed by atoms with Crippen molar-refractivity contribution in [2.75, 3.05) is 24.7 Å². The summed E-state index contributed by atoms with van der Waals surface area (Å²) in [5.41, 5.74) is -0.126. The summed E-state index contributed by atoms with van der Waals surface area (Å²) in [6.45, 7) is 3.09. The molecule has 1 aromatic carbocycles. The van der Waals surface area contributed by atoms with Crippen molar-refractivity contribution in [2.45, 2.75) is 25.9 Å². The zero-order chi connectivity index (χ0) is 22.4. The SMILES string of the molecule is CCCS(=O)(=O)NCC(C)(O)c1ccc(NC(=O)c2ccc(C(=O)OC)cn2)cc1. The predicted molar refractivity (Wildman–Crippen MR) is 112 cm³/mol. The number of carbonyl (C=O) groups excluding carboxylic acids is 2. The number of methoxy groups -OCH3 is 1. The molecule has 0 aliphatic heterocycles. The second-order valence-corrected chi connectivity index (χ2v) is 8.80. The summed E-state index contributed by atoms with van der Waals surface area (Å²) in [7, 11) is -2.19. The number of aromatic nitrogens is 1. The summed E-state index contributed by atoms with van der Waals surface area (Å²) >= 11 is 0. The number of esters is 1. The van der Waals surface area contributed by atoms with E-state index in [1.165, 1.54) is 32.4 Å². The minimum absolute atomic E-state index is 0.0112. The topological polar surface area (TPSA) is 135 Å². The van der Waals surface area contributed by atoms with Gasteiger partial charge in [0.05, 0.1) is 18.4 Å². The number of pyridine rings is 1. The van der Waals surface area contributed by atoms with Crippen LogP contribution in [0, 0.1) is 0 Å². The van der Waals surface area contributed by atoms with Crippen molar-refractivity contribution in [3.63, 3.8) is 0 Å². The van der Waals surface area contributed by atoms with Crippen LogP contribution in [0.15, 0.2) is 42.6 Å². The molecule has 1 amide bonds. The van der Waals surface area contributed by atoms with E-state index in [2.05, 4.69) is 19.8 Å². The van der Waals surface area contributed by atoms with E-state index in [4.69, 9.17) is 0 Å². The van der Waals surface area contributed by atoms with Gasteiger partial charge in [-0.05, 0) is 43.2 Å². The molecule has 0 radical (unpaired) electrons. The fraction of sp³-hybridized carbons (Fsp3) is 0.350. The Morgan fingerprint density at radius 3 is 2.37 bits per heavy atom. The van der Waals surface area contributed by atoms with Crippen molar-refractivity contribution in [1.82, 2.24) is 9.71 Å². The number of amides is 1. The van der Waals surface area contributed by atoms with Gasteiger partial charge in [0, 0.05) is 18.4 Å². The lowest BCUT2D eigenvalue weighted by Crippen LogP contribution is -2.39. The van der Waals surface area contributed by atoms with E-state index >= 15 is 0 Å². The van der Waals surface area contributed by atoms with Crippen molar-refractivity contribution in [2.24, 2.45) is 0 Å². The zero-order valence-corrected chi connectivity index (χ0v) is 17.8. The van der Waals surface area contributed by atoms with Crippen LogP contribution in [0.5, 0.6) is 0 Å². The Balaban J connectivity index is 2.02. The second-order valence-electron chi connectivity index (χ2n) is 6.87. The van der Waals surface area contributed by atoms with E-state index in [1.54, 1.807) is 31.2 Å². The minimum atomic E-state index is -3.44. The molecule has 0 aliphatic carbocycles. The first-order chi connectivity index (χ1) is 14.1. The Morgan fingerprint density at radius 2 is 1.83 bits per heavy atom. The standard InChI is InChI=1S/C20H25N3O6S/c1-4-11-30(27,28)22-13-20(2,26)15-6-8-16(9-7-15)23-18(24)17-10-5-14(12-21-17)19(25)29-3/h5-10,12,22,26H,4,11,13H2,1-3H3,(H,23,24). The van der Waals surface area contributed by atoms with Crippen LogP contribution in [0.4, 0.5) is 5.69 Å². The molecule has 2 rings (SSSR count). The molecule has 1 aromatic heterocycles. The van der Waals surface area contributed by atoms with Crippen LogP contribution in [-0.2, 0) is 20.4 Å². The van der Waals surface area contributed by atoms with Crippen LogP contribution in [0.25, 0.3) is 0 Å². The molecule has 3 N–H and O–H groups in total. The van der Waals surface area contributed by atoms with Crippen molar-refractivity contribution in [3.05, 3.63) is 59.4 Å². The minimum Gasteiger partial charge on any atom is -0.465 e. The molecule has 0 saturated carbocycles. The predicted octanol–water partition coefficient (Wildman–Crippen LogP) is 1.66. The number of anilines is 1. The number of carbonyl (C=O) groups is 2. The average molecular weight is 436 g/mol. The lowest BCUT2D eigenvalue weighted by Gasteiger charge is -2.24. The highest BCUT2D eigenvalue weighted by Gasteiger charge is 2.25. The van der Waals surface area contributed by atoms with E-state index < -0.39 is 27.5 Å². The number of nitrogens with one attached hydrogen (secondary N) is 2.